The van der Waals surface area contributed by atoms with Crippen LogP contribution in [0.4, 0.5) is 11.4 Å². The second-order valence-corrected chi connectivity index (χ2v) is 18.3. The number of nitrogens with zero attached hydrogens (tertiary/aromatic N) is 3. The summed E-state index contributed by atoms with van der Waals surface area (Å²) in [6, 6.07) is 16.3. The van der Waals surface area contributed by atoms with Crippen molar-refractivity contribution in [2.45, 2.75) is 67.5 Å². The number of halogens is 2. The average Bonchev–Trinajstić information content (AvgIpc) is 3.54. The van der Waals surface area contributed by atoms with Crippen LogP contribution < -0.4 is 14.5 Å². The Balaban J connectivity index is 0.000000324. The minimum absolute atomic E-state index is 0.131. The standard InChI is InChI=1S/C28H32N3O4.C10H12O.2ClH.Ru/c1-17-9-19(3)27(20(4)10-17)29-13-23(15-35-26(34)14-30-24(32)7-8-25(30)33)31(16-29)28-21(5)11-18(2)12-22(28)6;1-8(2)11-10-7-5-4-6-9(10)3;;;/h7-12,16,23H,13-15H2,1-6H3;3-8H,1-2H3;2*1H;/q-1;;;;+2/p-2. The fourth-order valence-electron chi connectivity index (χ4n) is 6.29. The third-order valence-corrected chi connectivity index (χ3v) is 9.81. The van der Waals surface area contributed by atoms with Gasteiger partial charge in [-0.3, -0.25) is 19.3 Å². The molecule has 1 fully saturated rings. The topological polar surface area (TPSA) is 79.4 Å². The van der Waals surface area contributed by atoms with E-state index in [-0.39, 0.29) is 25.3 Å². The molecule has 3 aromatic rings. The van der Waals surface area contributed by atoms with E-state index in [0.717, 1.165) is 50.9 Å². The third-order valence-electron chi connectivity index (χ3n) is 7.97. The Bertz CT molecular complexity index is 1720. The molecule has 0 bridgehead atoms. The molecule has 8 nitrogen and oxygen atoms in total. The predicted octanol–water partition coefficient (Wildman–Crippen LogP) is 7.37. The first kappa shape index (κ1) is 38.3. The van der Waals surface area contributed by atoms with Crippen molar-refractivity contribution < 1.29 is 37.4 Å². The average molecular weight is 795 g/mol. The van der Waals surface area contributed by atoms with Crippen molar-refractivity contribution in [2.75, 3.05) is 29.5 Å². The molecule has 1 atom stereocenters. The number of ether oxygens (including phenoxy) is 2. The summed E-state index contributed by atoms with van der Waals surface area (Å²) in [5.41, 5.74) is 10.3. The van der Waals surface area contributed by atoms with Crippen molar-refractivity contribution in [1.29, 1.82) is 0 Å². The number of anilines is 2. The Morgan fingerprint density at radius 3 is 1.96 bits per heavy atom. The second-order valence-electron chi connectivity index (χ2n) is 12.6. The third kappa shape index (κ3) is 10.0. The molecule has 0 radical (unpaired) electrons. The van der Waals surface area contributed by atoms with E-state index in [1.165, 1.54) is 22.3 Å². The summed E-state index contributed by atoms with van der Waals surface area (Å²) >= 11 is -1.77. The predicted molar refractivity (Wildman–Crippen MR) is 195 cm³/mol. The van der Waals surface area contributed by atoms with Gasteiger partial charge in [0, 0.05) is 30.1 Å². The summed E-state index contributed by atoms with van der Waals surface area (Å²) in [5.74, 6) is -0.744. The number of amides is 2. The molecule has 2 aliphatic rings. The van der Waals surface area contributed by atoms with Crippen LogP contribution in [0.25, 0.3) is 0 Å². The van der Waals surface area contributed by atoms with E-state index in [1.807, 2.05) is 42.7 Å². The molecule has 0 aliphatic carbocycles. The van der Waals surface area contributed by atoms with Crippen LogP contribution in [0.3, 0.4) is 0 Å². The van der Waals surface area contributed by atoms with Crippen LogP contribution in [0.2, 0.25) is 0 Å². The number of rotatable bonds is 9. The number of aryl methyl sites for hydroxylation is 6. The SMILES string of the molecule is CC(C)Oc1ccccc1[CH]=[Ru]([Cl])[Cl].Cc1cc(C)c(N2[CH-]N(c3c(C)cc(C)cc3C)C(COC(=O)CN3C(=O)C=CC3=O)C2)c(C)c1. The van der Waals surface area contributed by atoms with Gasteiger partial charge in [-0.1, -0.05) is 35.4 Å². The van der Waals surface area contributed by atoms with E-state index >= 15 is 0 Å². The van der Waals surface area contributed by atoms with Crippen LogP contribution in [0.15, 0.2) is 60.7 Å². The summed E-state index contributed by atoms with van der Waals surface area (Å²) < 4.78 is 13.1. The number of para-hydroxylation sites is 1. The molecule has 3 aromatic carbocycles. The van der Waals surface area contributed by atoms with Gasteiger partial charge in [0.05, 0.1) is 6.04 Å². The summed E-state index contributed by atoms with van der Waals surface area (Å²) in [7, 11) is 11.6. The van der Waals surface area contributed by atoms with Crippen molar-refractivity contribution in [3.05, 3.63) is 106 Å². The van der Waals surface area contributed by atoms with Gasteiger partial charge in [0.25, 0.3) is 11.8 Å². The van der Waals surface area contributed by atoms with E-state index < -0.39 is 31.3 Å². The Morgan fingerprint density at radius 1 is 0.898 bits per heavy atom. The molecule has 0 spiro atoms. The number of hydrogen-bond acceptors (Lipinski definition) is 7. The minimum atomic E-state index is -1.77. The fraction of sp³-hybridized carbons (Fsp3) is 0.342. The maximum absolute atomic E-state index is 12.5. The molecule has 5 rings (SSSR count). The summed E-state index contributed by atoms with van der Waals surface area (Å²) in [5, 5.41) is 0. The monoisotopic (exact) mass is 794 g/mol. The van der Waals surface area contributed by atoms with E-state index in [9.17, 15) is 14.4 Å². The Hall–Kier alpha value is -3.52. The minimum Gasteiger partial charge on any atom is -0.501 e. The molecule has 49 heavy (non-hydrogen) atoms. The number of hydrogen-bond donors (Lipinski definition) is 0. The Kier molecular flexibility index (Phi) is 13.2. The van der Waals surface area contributed by atoms with Gasteiger partial charge >= 0.3 is 104 Å². The van der Waals surface area contributed by atoms with Gasteiger partial charge in [-0.05, 0) is 63.8 Å². The summed E-state index contributed by atoms with van der Waals surface area (Å²) in [4.78, 5) is 41.4. The van der Waals surface area contributed by atoms with Crippen molar-refractivity contribution in [1.82, 2.24) is 4.90 Å². The molecule has 264 valence electrons. The molecule has 2 heterocycles. The number of benzene rings is 3. The first-order valence-corrected chi connectivity index (χ1v) is 21.5. The number of carbonyl (C=O) groups excluding carboxylic acids is 3. The normalized spacial score (nSPS) is 15.9. The molecule has 1 saturated heterocycles. The van der Waals surface area contributed by atoms with Crippen molar-refractivity contribution in [2.24, 2.45) is 0 Å². The number of carbonyl (C=O) groups is 3. The molecular weight excluding hydrogens is 750 g/mol. The van der Waals surface area contributed by atoms with Gasteiger partial charge in [0.1, 0.15) is 13.2 Å². The zero-order chi connectivity index (χ0) is 36.0. The Labute approximate surface area is 303 Å². The van der Waals surface area contributed by atoms with Crippen LogP contribution in [-0.2, 0) is 32.6 Å². The maximum Gasteiger partial charge on any atom is 0.326 e. The van der Waals surface area contributed by atoms with Crippen LogP contribution >= 0.6 is 19.4 Å². The Morgan fingerprint density at radius 2 is 1.43 bits per heavy atom. The molecule has 0 saturated carbocycles. The zero-order valence-electron chi connectivity index (χ0n) is 29.2. The van der Waals surface area contributed by atoms with E-state index in [2.05, 4.69) is 82.3 Å². The molecule has 11 heteroatoms. The second kappa shape index (κ2) is 16.9. The van der Waals surface area contributed by atoms with E-state index in [4.69, 9.17) is 28.9 Å². The van der Waals surface area contributed by atoms with Crippen LogP contribution in [0.1, 0.15) is 52.8 Å². The molecule has 0 aromatic heterocycles. The van der Waals surface area contributed by atoms with Crippen LogP contribution in [0, 0.1) is 48.2 Å². The van der Waals surface area contributed by atoms with Gasteiger partial charge in [0.15, 0.2) is 0 Å². The van der Waals surface area contributed by atoms with Crippen molar-refractivity contribution in [3.8, 4) is 5.75 Å². The maximum atomic E-state index is 12.5. The van der Waals surface area contributed by atoms with Gasteiger partial charge < -0.3 is 14.5 Å². The zero-order valence-corrected chi connectivity index (χ0v) is 32.4. The largest absolute Gasteiger partial charge is 0.501 e. The van der Waals surface area contributed by atoms with Crippen LogP contribution in [-0.4, -0.2) is 59.1 Å². The van der Waals surface area contributed by atoms with Gasteiger partial charge in [0.2, 0.25) is 0 Å². The molecule has 2 amide bonds. The van der Waals surface area contributed by atoms with Crippen molar-refractivity contribution in [3.63, 3.8) is 0 Å². The van der Waals surface area contributed by atoms with Crippen LogP contribution in [0.5, 0.6) is 5.75 Å². The molecule has 2 aliphatic heterocycles. The van der Waals surface area contributed by atoms with Gasteiger partial charge in [-0.15, -0.1) is 0 Å². The molecule has 0 N–H and O–H groups in total. The smallest absolute Gasteiger partial charge is 0.326 e. The van der Waals surface area contributed by atoms with Crippen molar-refractivity contribution >= 4 is 53.1 Å². The summed E-state index contributed by atoms with van der Waals surface area (Å²) in [6.07, 6.45) is 2.49. The van der Waals surface area contributed by atoms with Gasteiger partial charge in [-0.25, -0.2) is 0 Å². The van der Waals surface area contributed by atoms with Gasteiger partial charge in [-0.2, -0.15) is 6.67 Å². The number of imide groups is 1. The first-order valence-electron chi connectivity index (χ1n) is 16.0. The first-order chi connectivity index (χ1) is 23.1. The number of esters is 1. The quantitative estimate of drug-likeness (QED) is 0.0970. The molecular formula is C38H44Cl2N3O5Ru-. The fourth-order valence-corrected chi connectivity index (χ4v) is 8.10. The van der Waals surface area contributed by atoms with E-state index in [0.29, 0.717) is 6.54 Å². The summed E-state index contributed by atoms with van der Waals surface area (Å²) in [6.45, 7) is 19.1. The molecule has 1 unspecified atom stereocenters. The van der Waals surface area contributed by atoms with E-state index in [1.54, 1.807) is 0 Å².